The number of fused-ring (bicyclic) bond motifs is 1. The van der Waals surface area contributed by atoms with Gasteiger partial charge in [-0.2, -0.15) is 0 Å². The summed E-state index contributed by atoms with van der Waals surface area (Å²) in [7, 11) is 0. The number of rotatable bonds is 2. The smallest absolute Gasteiger partial charge is 0.395 e. The minimum atomic E-state index is -3.52. The Kier molecular flexibility index (Phi) is 2.74. The van der Waals surface area contributed by atoms with Gasteiger partial charge < -0.3 is 9.47 Å². The maximum Gasteiger partial charge on any atom is 0.586 e. The van der Waals surface area contributed by atoms with Gasteiger partial charge in [-0.15, -0.1) is 8.78 Å². The van der Waals surface area contributed by atoms with Crippen LogP contribution in [0, 0.1) is 0 Å². The summed E-state index contributed by atoms with van der Waals surface area (Å²) in [6, 6.07) is 4.91. The van der Waals surface area contributed by atoms with Crippen LogP contribution in [0.25, 0.3) is 0 Å². The summed E-state index contributed by atoms with van der Waals surface area (Å²) < 4.78 is 34.4. The molecule has 0 radical (unpaired) electrons. The van der Waals surface area contributed by atoms with E-state index in [2.05, 4.69) is 32.1 Å². The molecule has 82 valence electrons. The lowest BCUT2D eigenvalue weighted by Gasteiger charge is -2.07. The zero-order valence-corrected chi connectivity index (χ0v) is 10.1. The van der Waals surface area contributed by atoms with Crippen LogP contribution in [0.2, 0.25) is 0 Å². The fraction of sp³-hybridized carbons (Fsp3) is 0.400. The van der Waals surface area contributed by atoms with Crippen molar-refractivity contribution >= 4 is 22.6 Å². The molecule has 1 atom stereocenters. The summed E-state index contributed by atoms with van der Waals surface area (Å²) in [6.45, 7) is 2.04. The number of alkyl halides is 3. The highest BCUT2D eigenvalue weighted by Crippen LogP contribution is 2.43. The SMILES string of the molecule is CCC(I)c1ccc2c(c1)OC(F)(F)O2. The number of hydrogen-bond donors (Lipinski definition) is 0. The summed E-state index contributed by atoms with van der Waals surface area (Å²) in [5.41, 5.74) is 0.971. The van der Waals surface area contributed by atoms with Gasteiger partial charge >= 0.3 is 6.29 Å². The van der Waals surface area contributed by atoms with Gasteiger partial charge in [-0.05, 0) is 24.1 Å². The first-order chi connectivity index (χ1) is 7.02. The van der Waals surface area contributed by atoms with Crippen molar-refractivity contribution in [3.05, 3.63) is 23.8 Å². The van der Waals surface area contributed by atoms with Crippen LogP contribution in [0.5, 0.6) is 11.5 Å². The zero-order valence-electron chi connectivity index (χ0n) is 7.97. The lowest BCUT2D eigenvalue weighted by Crippen LogP contribution is -2.25. The number of halogens is 3. The van der Waals surface area contributed by atoms with E-state index in [1.54, 1.807) is 12.1 Å². The summed E-state index contributed by atoms with van der Waals surface area (Å²) in [5, 5.41) is 0. The number of ether oxygens (including phenoxy) is 2. The van der Waals surface area contributed by atoms with Crippen molar-refractivity contribution in [3.63, 3.8) is 0 Å². The van der Waals surface area contributed by atoms with Gasteiger partial charge in [-0.25, -0.2) is 0 Å². The standard InChI is InChI=1S/C10H9F2IO2/c1-2-7(13)6-3-4-8-9(5-6)15-10(11,12)14-8/h3-5,7H,2H2,1H3. The van der Waals surface area contributed by atoms with E-state index in [1.807, 2.05) is 6.92 Å². The Hall–Kier alpha value is -0.590. The van der Waals surface area contributed by atoms with Crippen LogP contribution < -0.4 is 9.47 Å². The lowest BCUT2D eigenvalue weighted by atomic mass is 10.1. The monoisotopic (exact) mass is 326 g/mol. The second-order valence-corrected chi connectivity index (χ2v) is 4.75. The van der Waals surface area contributed by atoms with Crippen molar-refractivity contribution < 1.29 is 18.3 Å². The summed E-state index contributed by atoms with van der Waals surface area (Å²) >= 11 is 2.26. The van der Waals surface area contributed by atoms with Gasteiger partial charge in [0.05, 0.1) is 0 Å². The second-order valence-electron chi connectivity index (χ2n) is 3.25. The van der Waals surface area contributed by atoms with Crippen molar-refractivity contribution in [2.45, 2.75) is 23.6 Å². The van der Waals surface area contributed by atoms with Crippen LogP contribution in [-0.4, -0.2) is 6.29 Å². The molecule has 0 fully saturated rings. The van der Waals surface area contributed by atoms with Gasteiger partial charge in [0, 0.05) is 3.92 Å². The molecule has 0 saturated carbocycles. The molecule has 0 amide bonds. The van der Waals surface area contributed by atoms with Crippen LogP contribution in [0.15, 0.2) is 18.2 Å². The average molecular weight is 326 g/mol. The first-order valence-electron chi connectivity index (χ1n) is 4.55. The van der Waals surface area contributed by atoms with Gasteiger partial charge in [-0.1, -0.05) is 35.6 Å². The first-order valence-corrected chi connectivity index (χ1v) is 5.80. The largest absolute Gasteiger partial charge is 0.586 e. The van der Waals surface area contributed by atoms with E-state index >= 15 is 0 Å². The van der Waals surface area contributed by atoms with E-state index in [0.29, 0.717) is 3.92 Å². The molecule has 1 aliphatic rings. The molecule has 0 spiro atoms. The minimum Gasteiger partial charge on any atom is -0.395 e. The van der Waals surface area contributed by atoms with E-state index in [0.717, 1.165) is 12.0 Å². The molecule has 0 aliphatic carbocycles. The Labute approximate surface area is 99.7 Å². The van der Waals surface area contributed by atoms with E-state index < -0.39 is 6.29 Å². The van der Waals surface area contributed by atoms with Crippen LogP contribution in [0.1, 0.15) is 22.8 Å². The molecule has 1 heterocycles. The molecule has 0 aromatic heterocycles. The highest BCUT2D eigenvalue weighted by atomic mass is 127. The first kappa shape index (κ1) is 10.9. The molecule has 1 unspecified atom stereocenters. The van der Waals surface area contributed by atoms with Crippen molar-refractivity contribution in [1.29, 1.82) is 0 Å². The second kappa shape index (κ2) is 3.77. The normalized spacial score (nSPS) is 18.9. The Balaban J connectivity index is 2.30. The molecule has 2 rings (SSSR count). The van der Waals surface area contributed by atoms with Gasteiger partial charge in [0.25, 0.3) is 0 Å². The highest BCUT2D eigenvalue weighted by Gasteiger charge is 2.43. The van der Waals surface area contributed by atoms with Crippen LogP contribution in [-0.2, 0) is 0 Å². The summed E-state index contributed by atoms with van der Waals surface area (Å²) in [4.78, 5) is 0. The van der Waals surface area contributed by atoms with Crippen molar-refractivity contribution in [2.75, 3.05) is 0 Å². The third-order valence-electron chi connectivity index (χ3n) is 2.15. The Morgan fingerprint density at radius 2 is 2.00 bits per heavy atom. The molecule has 2 nitrogen and oxygen atoms in total. The highest BCUT2D eigenvalue weighted by molar-refractivity contribution is 14.1. The number of benzene rings is 1. The van der Waals surface area contributed by atoms with Gasteiger partial charge in [0.1, 0.15) is 0 Å². The Morgan fingerprint density at radius 1 is 1.33 bits per heavy atom. The fourth-order valence-corrected chi connectivity index (χ4v) is 1.78. The molecule has 1 aromatic carbocycles. The molecule has 0 bridgehead atoms. The predicted octanol–water partition coefficient (Wildman–Crippen LogP) is 3.89. The molecule has 0 N–H and O–H groups in total. The molecule has 1 aliphatic heterocycles. The Bertz CT molecular complexity index is 382. The molecule has 15 heavy (non-hydrogen) atoms. The molecule has 1 aromatic rings. The van der Waals surface area contributed by atoms with Crippen molar-refractivity contribution in [2.24, 2.45) is 0 Å². The number of hydrogen-bond acceptors (Lipinski definition) is 2. The molecular weight excluding hydrogens is 317 g/mol. The van der Waals surface area contributed by atoms with E-state index in [4.69, 9.17) is 0 Å². The molecular formula is C10H9F2IO2. The van der Waals surface area contributed by atoms with E-state index in [-0.39, 0.29) is 11.5 Å². The van der Waals surface area contributed by atoms with Crippen LogP contribution in [0.3, 0.4) is 0 Å². The topological polar surface area (TPSA) is 18.5 Å². The molecule has 0 saturated heterocycles. The van der Waals surface area contributed by atoms with Gasteiger partial charge in [-0.3, -0.25) is 0 Å². The summed E-state index contributed by atoms with van der Waals surface area (Å²) in [6.07, 6.45) is -2.58. The minimum absolute atomic E-state index is 0.100. The van der Waals surface area contributed by atoms with E-state index in [1.165, 1.54) is 6.07 Å². The zero-order chi connectivity index (χ0) is 11.1. The predicted molar refractivity (Wildman–Crippen MR) is 59.7 cm³/mol. The fourth-order valence-electron chi connectivity index (χ4n) is 1.40. The molecule has 5 heteroatoms. The summed E-state index contributed by atoms with van der Waals surface area (Å²) in [5.74, 6) is 0.219. The third-order valence-corrected chi connectivity index (χ3v) is 3.75. The van der Waals surface area contributed by atoms with Crippen LogP contribution >= 0.6 is 22.6 Å². The van der Waals surface area contributed by atoms with E-state index in [9.17, 15) is 8.78 Å². The third kappa shape index (κ3) is 2.16. The Morgan fingerprint density at radius 3 is 2.67 bits per heavy atom. The van der Waals surface area contributed by atoms with Crippen LogP contribution in [0.4, 0.5) is 8.78 Å². The maximum atomic E-state index is 12.7. The van der Waals surface area contributed by atoms with Crippen molar-refractivity contribution in [1.82, 2.24) is 0 Å². The maximum absolute atomic E-state index is 12.7. The average Bonchev–Trinajstić information content (AvgIpc) is 2.49. The van der Waals surface area contributed by atoms with Crippen molar-refractivity contribution in [3.8, 4) is 11.5 Å². The van der Waals surface area contributed by atoms with Gasteiger partial charge in [0.15, 0.2) is 11.5 Å². The lowest BCUT2D eigenvalue weighted by molar-refractivity contribution is -0.286. The van der Waals surface area contributed by atoms with Gasteiger partial charge in [0.2, 0.25) is 0 Å². The quantitative estimate of drug-likeness (QED) is 0.606.